The van der Waals surface area contributed by atoms with Gasteiger partial charge in [0.2, 0.25) is 0 Å². The number of benzene rings is 1. The summed E-state index contributed by atoms with van der Waals surface area (Å²) in [6, 6.07) is 6.88. The van der Waals surface area contributed by atoms with Crippen LogP contribution in [-0.2, 0) is 17.6 Å². The molecule has 0 atom stereocenters. The highest BCUT2D eigenvalue weighted by Gasteiger charge is 2.21. The zero-order valence-electron chi connectivity index (χ0n) is 13.0. The Balaban J connectivity index is 1.40. The molecule has 0 amide bonds. The number of carbonyl (C=O) groups excluding carboxylic acids is 2. The highest BCUT2D eigenvalue weighted by molar-refractivity contribution is 7.14. The number of rotatable bonds is 4. The molecule has 1 aromatic heterocycles. The molecule has 0 fully saturated rings. The molecule has 0 bridgehead atoms. The third-order valence-corrected chi connectivity index (χ3v) is 5.36. The van der Waals surface area contributed by atoms with Crippen LogP contribution in [0.1, 0.15) is 36.9 Å². The molecule has 1 aliphatic heterocycles. The second kappa shape index (κ2) is 6.28. The van der Waals surface area contributed by atoms with Crippen molar-refractivity contribution in [3.63, 3.8) is 0 Å². The van der Waals surface area contributed by atoms with Crippen molar-refractivity contribution in [2.75, 3.05) is 19.8 Å². The molecule has 2 aromatic rings. The lowest BCUT2D eigenvalue weighted by Crippen LogP contribution is -2.17. The summed E-state index contributed by atoms with van der Waals surface area (Å²) in [6.45, 7) is 0.687. The van der Waals surface area contributed by atoms with E-state index in [4.69, 9.17) is 14.2 Å². The van der Waals surface area contributed by atoms with Crippen molar-refractivity contribution in [1.29, 1.82) is 0 Å². The first-order chi connectivity index (χ1) is 11.7. The normalized spacial score (nSPS) is 15.0. The van der Waals surface area contributed by atoms with Crippen molar-refractivity contribution in [2.24, 2.45) is 0 Å². The highest BCUT2D eigenvalue weighted by atomic mass is 32.1. The van der Waals surface area contributed by atoms with Gasteiger partial charge in [-0.25, -0.2) is 4.79 Å². The number of hydrogen-bond donors (Lipinski definition) is 0. The number of esters is 1. The van der Waals surface area contributed by atoms with Gasteiger partial charge in [0, 0.05) is 10.4 Å². The van der Waals surface area contributed by atoms with E-state index < -0.39 is 5.97 Å². The Morgan fingerprint density at radius 2 is 1.92 bits per heavy atom. The van der Waals surface area contributed by atoms with Crippen LogP contribution in [0.5, 0.6) is 11.5 Å². The number of carbonyl (C=O) groups is 2. The van der Waals surface area contributed by atoms with Crippen LogP contribution in [0.3, 0.4) is 0 Å². The van der Waals surface area contributed by atoms with E-state index in [1.165, 1.54) is 21.8 Å². The minimum atomic E-state index is -0.430. The quantitative estimate of drug-likeness (QED) is 0.630. The molecular formula is C18H16O5S. The molecule has 0 spiro atoms. The zero-order chi connectivity index (χ0) is 16.5. The Morgan fingerprint density at radius 1 is 1.08 bits per heavy atom. The Labute approximate surface area is 143 Å². The van der Waals surface area contributed by atoms with E-state index in [9.17, 15) is 9.59 Å². The Kier molecular flexibility index (Phi) is 3.98. The molecule has 1 aliphatic carbocycles. The zero-order valence-corrected chi connectivity index (χ0v) is 13.8. The summed E-state index contributed by atoms with van der Waals surface area (Å²) in [5.74, 6) is 0.487. The van der Waals surface area contributed by atoms with Gasteiger partial charge in [-0.05, 0) is 49.1 Å². The first-order valence-corrected chi connectivity index (χ1v) is 8.74. The lowest BCUT2D eigenvalue weighted by atomic mass is 10.1. The third-order valence-electron chi connectivity index (χ3n) is 4.15. The first-order valence-electron chi connectivity index (χ1n) is 7.92. The van der Waals surface area contributed by atoms with Crippen LogP contribution >= 0.6 is 11.3 Å². The maximum absolute atomic E-state index is 12.2. The van der Waals surface area contributed by atoms with Gasteiger partial charge in [-0.3, -0.25) is 4.79 Å². The summed E-state index contributed by atoms with van der Waals surface area (Å²) >= 11 is 1.47. The minimum Gasteiger partial charge on any atom is -0.486 e. The fraction of sp³-hybridized carbons (Fsp3) is 0.333. The van der Waals surface area contributed by atoms with Gasteiger partial charge < -0.3 is 14.2 Å². The fourth-order valence-electron chi connectivity index (χ4n) is 2.93. The van der Waals surface area contributed by atoms with E-state index in [1.54, 1.807) is 18.2 Å². The summed E-state index contributed by atoms with van der Waals surface area (Å²) in [6.07, 6.45) is 3.21. The molecule has 24 heavy (non-hydrogen) atoms. The Hall–Kier alpha value is -2.34. The average Bonchev–Trinajstić information content (AvgIpc) is 3.21. The average molecular weight is 344 g/mol. The Bertz CT molecular complexity index is 786. The molecule has 4 rings (SSSR count). The van der Waals surface area contributed by atoms with Crippen molar-refractivity contribution in [3.05, 3.63) is 45.1 Å². The third kappa shape index (κ3) is 2.89. The van der Waals surface area contributed by atoms with Gasteiger partial charge >= 0.3 is 5.97 Å². The maximum atomic E-state index is 12.2. The molecule has 0 unspecified atom stereocenters. The standard InChI is InChI=1S/C18H16O5S/c19-13(11-4-5-14-15(8-11)22-7-6-21-14)10-23-18(20)17-9-12-2-1-3-16(12)24-17/h4-5,8-9H,1-3,6-7,10H2. The van der Waals surface area contributed by atoms with E-state index in [2.05, 4.69) is 0 Å². The van der Waals surface area contributed by atoms with Crippen molar-refractivity contribution in [3.8, 4) is 11.5 Å². The number of ether oxygens (including phenoxy) is 3. The van der Waals surface area contributed by atoms with Gasteiger partial charge in [-0.1, -0.05) is 0 Å². The van der Waals surface area contributed by atoms with Gasteiger partial charge in [-0.15, -0.1) is 11.3 Å². The number of aryl methyl sites for hydroxylation is 2. The van der Waals surface area contributed by atoms with Gasteiger partial charge in [0.15, 0.2) is 23.9 Å². The highest BCUT2D eigenvalue weighted by Crippen LogP contribution is 2.32. The number of Topliss-reactive ketones (excluding diaryl/α,β-unsaturated/α-hetero) is 1. The van der Waals surface area contributed by atoms with Gasteiger partial charge in [0.05, 0.1) is 0 Å². The molecular weight excluding hydrogens is 328 g/mol. The predicted octanol–water partition coefficient (Wildman–Crippen LogP) is 3.05. The largest absolute Gasteiger partial charge is 0.486 e. The topological polar surface area (TPSA) is 61.8 Å². The van der Waals surface area contributed by atoms with E-state index in [0.717, 1.165) is 19.3 Å². The van der Waals surface area contributed by atoms with Crippen molar-refractivity contribution in [1.82, 2.24) is 0 Å². The second-order valence-electron chi connectivity index (χ2n) is 5.77. The van der Waals surface area contributed by atoms with Crippen LogP contribution < -0.4 is 9.47 Å². The van der Waals surface area contributed by atoms with Gasteiger partial charge in [0.1, 0.15) is 18.1 Å². The molecule has 0 N–H and O–H groups in total. The molecule has 0 saturated carbocycles. The van der Waals surface area contributed by atoms with E-state index in [1.807, 2.05) is 6.07 Å². The summed E-state index contributed by atoms with van der Waals surface area (Å²) < 4.78 is 16.1. The fourth-order valence-corrected chi connectivity index (χ4v) is 4.08. The van der Waals surface area contributed by atoms with Crippen LogP contribution in [-0.4, -0.2) is 31.6 Å². The van der Waals surface area contributed by atoms with E-state index in [0.29, 0.717) is 35.2 Å². The lowest BCUT2D eigenvalue weighted by molar-refractivity contribution is 0.0479. The van der Waals surface area contributed by atoms with E-state index in [-0.39, 0.29) is 12.4 Å². The van der Waals surface area contributed by atoms with Crippen molar-refractivity contribution in [2.45, 2.75) is 19.3 Å². The molecule has 1 aromatic carbocycles. The van der Waals surface area contributed by atoms with Crippen LogP contribution in [0.4, 0.5) is 0 Å². The van der Waals surface area contributed by atoms with Crippen LogP contribution in [0.15, 0.2) is 24.3 Å². The number of ketones is 1. The van der Waals surface area contributed by atoms with Crippen LogP contribution in [0.25, 0.3) is 0 Å². The number of thiophene rings is 1. The first kappa shape index (κ1) is 15.2. The Morgan fingerprint density at radius 3 is 2.75 bits per heavy atom. The monoisotopic (exact) mass is 344 g/mol. The molecule has 0 radical (unpaired) electrons. The van der Waals surface area contributed by atoms with Crippen molar-refractivity contribution < 1.29 is 23.8 Å². The second-order valence-corrected chi connectivity index (χ2v) is 6.91. The maximum Gasteiger partial charge on any atom is 0.348 e. The van der Waals surface area contributed by atoms with Crippen LogP contribution in [0.2, 0.25) is 0 Å². The lowest BCUT2D eigenvalue weighted by Gasteiger charge is -2.18. The minimum absolute atomic E-state index is 0.260. The van der Waals surface area contributed by atoms with Crippen molar-refractivity contribution >= 4 is 23.1 Å². The molecule has 6 heteroatoms. The van der Waals surface area contributed by atoms with E-state index >= 15 is 0 Å². The molecule has 5 nitrogen and oxygen atoms in total. The molecule has 2 aliphatic rings. The summed E-state index contributed by atoms with van der Waals surface area (Å²) in [4.78, 5) is 26.2. The van der Waals surface area contributed by atoms with Gasteiger partial charge in [0.25, 0.3) is 0 Å². The summed E-state index contributed by atoms with van der Waals surface area (Å²) in [7, 11) is 0. The molecule has 0 saturated heterocycles. The summed E-state index contributed by atoms with van der Waals surface area (Å²) in [5, 5.41) is 0. The predicted molar refractivity (Wildman–Crippen MR) is 88.4 cm³/mol. The van der Waals surface area contributed by atoms with Gasteiger partial charge in [-0.2, -0.15) is 0 Å². The molecule has 2 heterocycles. The SMILES string of the molecule is O=C(COC(=O)c1cc2c(s1)CCC2)c1ccc2c(c1)OCCO2. The smallest absolute Gasteiger partial charge is 0.348 e. The molecule has 124 valence electrons. The summed E-state index contributed by atoms with van der Waals surface area (Å²) in [5.41, 5.74) is 1.69. The number of hydrogen-bond acceptors (Lipinski definition) is 6. The number of fused-ring (bicyclic) bond motifs is 2. The van der Waals surface area contributed by atoms with Crippen LogP contribution in [0, 0.1) is 0 Å².